The van der Waals surface area contributed by atoms with E-state index in [1.165, 1.54) is 4.90 Å². The van der Waals surface area contributed by atoms with Crippen LogP contribution in [0.5, 0.6) is 5.75 Å². The van der Waals surface area contributed by atoms with Crippen molar-refractivity contribution in [1.29, 1.82) is 0 Å². The van der Waals surface area contributed by atoms with Gasteiger partial charge in [-0.2, -0.15) is 0 Å². The summed E-state index contributed by atoms with van der Waals surface area (Å²) in [6, 6.07) is 16.6. The van der Waals surface area contributed by atoms with Gasteiger partial charge in [-0.05, 0) is 55.5 Å². The molecule has 2 amide bonds. The van der Waals surface area contributed by atoms with E-state index in [-0.39, 0.29) is 19.1 Å². The van der Waals surface area contributed by atoms with Gasteiger partial charge in [0.25, 0.3) is 11.8 Å². The predicted molar refractivity (Wildman–Crippen MR) is 116 cm³/mol. The van der Waals surface area contributed by atoms with Crippen LogP contribution in [-0.4, -0.2) is 49.8 Å². The maximum Gasteiger partial charge on any atom is 0.325 e. The summed E-state index contributed by atoms with van der Waals surface area (Å²) < 4.78 is 10.2. The lowest BCUT2D eigenvalue weighted by Crippen LogP contribution is -2.34. The summed E-state index contributed by atoms with van der Waals surface area (Å²) >= 11 is 1.72. The number of esters is 1. The first-order valence-electron chi connectivity index (χ1n) is 9.69. The first-order valence-corrected chi connectivity index (χ1v) is 10.7. The van der Waals surface area contributed by atoms with Gasteiger partial charge < -0.3 is 20.1 Å². The fourth-order valence-electron chi connectivity index (χ4n) is 2.38. The van der Waals surface area contributed by atoms with Gasteiger partial charge in [-0.25, -0.2) is 0 Å². The molecule has 0 bridgehead atoms. The van der Waals surface area contributed by atoms with Gasteiger partial charge in [0.05, 0.1) is 6.61 Å². The Morgan fingerprint density at radius 3 is 2.40 bits per heavy atom. The third kappa shape index (κ3) is 9.00. The average Bonchev–Trinajstić information content (AvgIpc) is 2.77. The van der Waals surface area contributed by atoms with Crippen molar-refractivity contribution < 1.29 is 23.9 Å². The summed E-state index contributed by atoms with van der Waals surface area (Å²) in [4.78, 5) is 36.7. The molecule has 0 saturated carbocycles. The monoisotopic (exact) mass is 430 g/mol. The number of benzene rings is 2. The number of nitrogens with one attached hydrogen (secondary N) is 2. The Kier molecular flexibility index (Phi) is 10.3. The van der Waals surface area contributed by atoms with Gasteiger partial charge >= 0.3 is 5.97 Å². The number of rotatable bonds is 12. The molecule has 8 heteroatoms. The topological polar surface area (TPSA) is 93.7 Å². The van der Waals surface area contributed by atoms with Gasteiger partial charge in [0, 0.05) is 17.0 Å². The lowest BCUT2D eigenvalue weighted by molar-refractivity contribution is -0.147. The van der Waals surface area contributed by atoms with Crippen LogP contribution in [0.25, 0.3) is 0 Å². The highest BCUT2D eigenvalue weighted by Crippen LogP contribution is 2.17. The zero-order valence-corrected chi connectivity index (χ0v) is 17.7. The van der Waals surface area contributed by atoms with Gasteiger partial charge in [-0.1, -0.05) is 18.2 Å². The van der Waals surface area contributed by atoms with E-state index in [2.05, 4.69) is 10.6 Å². The summed E-state index contributed by atoms with van der Waals surface area (Å²) in [5.41, 5.74) is 0.400. The molecule has 0 aliphatic rings. The van der Waals surface area contributed by atoms with Crippen molar-refractivity contribution in [2.45, 2.75) is 18.2 Å². The maximum absolute atomic E-state index is 12.0. The van der Waals surface area contributed by atoms with Crippen molar-refractivity contribution in [2.75, 3.05) is 32.1 Å². The molecule has 2 rings (SSSR count). The zero-order chi connectivity index (χ0) is 21.6. The molecule has 0 heterocycles. The number of amides is 2. The molecule has 0 unspecified atom stereocenters. The first-order chi connectivity index (χ1) is 14.6. The maximum atomic E-state index is 12.0. The van der Waals surface area contributed by atoms with E-state index in [1.807, 2.05) is 37.3 Å². The average molecular weight is 431 g/mol. The van der Waals surface area contributed by atoms with E-state index < -0.39 is 11.9 Å². The smallest absolute Gasteiger partial charge is 0.325 e. The summed E-state index contributed by atoms with van der Waals surface area (Å²) in [5, 5.41) is 5.16. The molecule has 2 aromatic carbocycles. The van der Waals surface area contributed by atoms with Crippen LogP contribution in [0.3, 0.4) is 0 Å². The van der Waals surface area contributed by atoms with Crippen molar-refractivity contribution in [2.24, 2.45) is 0 Å². The van der Waals surface area contributed by atoms with Crippen molar-refractivity contribution in [3.8, 4) is 5.75 Å². The van der Waals surface area contributed by atoms with Gasteiger partial charge in [-0.15, -0.1) is 11.8 Å². The third-order valence-electron chi connectivity index (χ3n) is 3.84. The molecular formula is C22H26N2O5S. The van der Waals surface area contributed by atoms with E-state index >= 15 is 0 Å². The van der Waals surface area contributed by atoms with Crippen LogP contribution < -0.4 is 15.4 Å². The second kappa shape index (κ2) is 13.3. The van der Waals surface area contributed by atoms with Crippen LogP contribution in [0.1, 0.15) is 23.7 Å². The molecular weight excluding hydrogens is 404 g/mol. The fraction of sp³-hybridized carbons (Fsp3) is 0.318. The molecule has 2 N–H and O–H groups in total. The molecule has 0 saturated heterocycles. The standard InChI is InChI=1S/C22H26N2O5S/c1-2-28-18-11-9-17(10-12-18)22(27)24-15-21(26)29-16-20(25)23-13-6-14-30-19-7-4-3-5-8-19/h3-5,7-12H,2,6,13-16H2,1H3,(H,23,25)(H,24,27). The van der Waals surface area contributed by atoms with Crippen molar-refractivity contribution >= 4 is 29.5 Å². The Bertz CT molecular complexity index is 812. The molecule has 0 aliphatic heterocycles. The van der Waals surface area contributed by atoms with Gasteiger partial charge in [0.15, 0.2) is 6.61 Å². The Labute approximate surface area is 180 Å². The Morgan fingerprint density at radius 2 is 1.70 bits per heavy atom. The van der Waals surface area contributed by atoms with E-state index in [4.69, 9.17) is 9.47 Å². The summed E-state index contributed by atoms with van der Waals surface area (Å²) in [6.07, 6.45) is 0.803. The van der Waals surface area contributed by atoms with Crippen molar-refractivity contribution in [3.05, 3.63) is 60.2 Å². The minimum atomic E-state index is -0.677. The lowest BCUT2D eigenvalue weighted by Gasteiger charge is -2.08. The van der Waals surface area contributed by atoms with E-state index in [0.29, 0.717) is 24.5 Å². The quantitative estimate of drug-likeness (QED) is 0.305. The highest BCUT2D eigenvalue weighted by molar-refractivity contribution is 7.99. The summed E-state index contributed by atoms with van der Waals surface area (Å²) in [5.74, 6) is 0.0882. The minimum absolute atomic E-state index is 0.312. The van der Waals surface area contributed by atoms with E-state index in [1.54, 1.807) is 36.0 Å². The molecule has 0 spiro atoms. The fourth-order valence-corrected chi connectivity index (χ4v) is 3.25. The first kappa shape index (κ1) is 23.3. The van der Waals surface area contributed by atoms with Crippen LogP contribution in [0.4, 0.5) is 0 Å². The molecule has 2 aromatic rings. The second-order valence-electron chi connectivity index (χ2n) is 6.17. The summed E-state index contributed by atoms with van der Waals surface area (Å²) in [7, 11) is 0. The number of hydrogen-bond donors (Lipinski definition) is 2. The predicted octanol–water partition coefficient (Wildman–Crippen LogP) is 2.66. The van der Waals surface area contributed by atoms with Crippen LogP contribution in [0, 0.1) is 0 Å². The Balaban J connectivity index is 1.55. The van der Waals surface area contributed by atoms with Gasteiger partial charge in [0.1, 0.15) is 12.3 Å². The lowest BCUT2D eigenvalue weighted by atomic mass is 10.2. The second-order valence-corrected chi connectivity index (χ2v) is 7.33. The number of hydrogen-bond acceptors (Lipinski definition) is 6. The van der Waals surface area contributed by atoms with Crippen LogP contribution in [0.15, 0.2) is 59.5 Å². The normalized spacial score (nSPS) is 10.2. The Hall–Kier alpha value is -3.00. The minimum Gasteiger partial charge on any atom is -0.494 e. The van der Waals surface area contributed by atoms with Crippen molar-refractivity contribution in [1.82, 2.24) is 10.6 Å². The molecule has 7 nitrogen and oxygen atoms in total. The van der Waals surface area contributed by atoms with Gasteiger partial charge in [-0.3, -0.25) is 14.4 Å². The SMILES string of the molecule is CCOc1ccc(C(=O)NCC(=O)OCC(=O)NCCCSc2ccccc2)cc1. The zero-order valence-electron chi connectivity index (χ0n) is 16.9. The van der Waals surface area contributed by atoms with Crippen LogP contribution >= 0.6 is 11.8 Å². The molecule has 160 valence electrons. The molecule has 0 fully saturated rings. The van der Waals surface area contributed by atoms with E-state index in [0.717, 1.165) is 12.2 Å². The molecule has 0 atom stereocenters. The highest BCUT2D eigenvalue weighted by Gasteiger charge is 2.11. The number of carbonyl (C=O) groups excluding carboxylic acids is 3. The third-order valence-corrected chi connectivity index (χ3v) is 4.94. The molecule has 0 aromatic heterocycles. The van der Waals surface area contributed by atoms with Crippen LogP contribution in [0.2, 0.25) is 0 Å². The summed E-state index contributed by atoms with van der Waals surface area (Å²) in [6.45, 7) is 2.23. The Morgan fingerprint density at radius 1 is 0.967 bits per heavy atom. The van der Waals surface area contributed by atoms with Gasteiger partial charge in [0.2, 0.25) is 0 Å². The molecule has 0 aliphatic carbocycles. The number of carbonyl (C=O) groups is 3. The van der Waals surface area contributed by atoms with E-state index in [9.17, 15) is 14.4 Å². The largest absolute Gasteiger partial charge is 0.494 e. The molecule has 0 radical (unpaired) electrons. The van der Waals surface area contributed by atoms with Crippen molar-refractivity contribution in [3.63, 3.8) is 0 Å². The highest BCUT2D eigenvalue weighted by atomic mass is 32.2. The van der Waals surface area contributed by atoms with Crippen LogP contribution in [-0.2, 0) is 14.3 Å². The molecule has 30 heavy (non-hydrogen) atoms. The number of thioether (sulfide) groups is 1. The number of ether oxygens (including phenoxy) is 2.